The van der Waals surface area contributed by atoms with Gasteiger partial charge in [-0.1, -0.05) is 18.7 Å². The smallest absolute Gasteiger partial charge is 0.329 e. The number of anilines is 1. The van der Waals surface area contributed by atoms with Crippen molar-refractivity contribution in [2.45, 2.75) is 56.0 Å². The molecule has 0 bridgehead atoms. The van der Waals surface area contributed by atoms with Gasteiger partial charge in [0, 0.05) is 6.04 Å². The van der Waals surface area contributed by atoms with Crippen LogP contribution in [0.4, 0.5) is 11.5 Å². The number of nitrogens with one attached hydrogen (secondary N) is 1. The highest BCUT2D eigenvalue weighted by Gasteiger charge is 2.24. The lowest BCUT2D eigenvalue weighted by atomic mass is 9.87. The fraction of sp³-hybridized carbons (Fsp3) is 0.643. The van der Waals surface area contributed by atoms with E-state index < -0.39 is 10.2 Å². The van der Waals surface area contributed by atoms with E-state index in [1.54, 1.807) is 6.92 Å². The van der Waals surface area contributed by atoms with Crippen molar-refractivity contribution in [1.82, 2.24) is 15.3 Å². The molecule has 1 fully saturated rings. The zero-order valence-electron chi connectivity index (χ0n) is 13.2. The van der Waals surface area contributed by atoms with E-state index in [-0.39, 0.29) is 28.6 Å². The first-order valence-corrected chi connectivity index (χ1v) is 8.48. The molecule has 8 nitrogen and oxygen atoms in total. The molecule has 1 aromatic rings. The fourth-order valence-corrected chi connectivity index (χ4v) is 3.26. The Bertz CT molecular complexity index is 590. The van der Waals surface area contributed by atoms with Crippen LogP contribution in [0.2, 0.25) is 0 Å². The first-order chi connectivity index (χ1) is 10.9. The lowest BCUT2D eigenvalue weighted by Crippen LogP contribution is -2.41. The number of nitro groups is 1. The van der Waals surface area contributed by atoms with Gasteiger partial charge in [-0.3, -0.25) is 14.9 Å². The lowest BCUT2D eigenvalue weighted by molar-refractivity contribution is -0.384. The van der Waals surface area contributed by atoms with Gasteiger partial charge in [-0.05, 0) is 38.5 Å². The third-order valence-corrected chi connectivity index (χ3v) is 4.96. The van der Waals surface area contributed by atoms with Crippen molar-refractivity contribution >= 4 is 29.2 Å². The largest absolute Gasteiger partial charge is 0.378 e. The number of nitrogens with zero attached hydrogens (tertiary/aromatic N) is 3. The van der Waals surface area contributed by atoms with Crippen molar-refractivity contribution in [3.05, 3.63) is 16.3 Å². The van der Waals surface area contributed by atoms with Gasteiger partial charge in [0.05, 0.1) is 10.2 Å². The Balaban J connectivity index is 1.90. The van der Waals surface area contributed by atoms with Crippen LogP contribution >= 0.6 is 11.8 Å². The molecule has 126 valence electrons. The molecule has 0 aliphatic heterocycles. The van der Waals surface area contributed by atoms with Gasteiger partial charge in [0.15, 0.2) is 5.16 Å². The van der Waals surface area contributed by atoms with Gasteiger partial charge in [-0.25, -0.2) is 4.98 Å². The summed E-state index contributed by atoms with van der Waals surface area (Å²) < 4.78 is 0. The number of nitrogen functional groups attached to an aromatic ring is 1. The molecular formula is C14H21N5O3S. The maximum atomic E-state index is 12.2. The third kappa shape index (κ3) is 4.78. The molecule has 1 amide bonds. The van der Waals surface area contributed by atoms with Crippen molar-refractivity contribution in [3.63, 3.8) is 0 Å². The average molecular weight is 339 g/mol. The summed E-state index contributed by atoms with van der Waals surface area (Å²) in [6, 6.07) is 0.226. The Morgan fingerprint density at radius 3 is 2.70 bits per heavy atom. The number of carbonyl (C=O) groups is 1. The number of nitrogens with two attached hydrogens (primary N) is 1. The van der Waals surface area contributed by atoms with E-state index in [1.165, 1.54) is 0 Å². The third-order valence-electron chi connectivity index (χ3n) is 3.99. The summed E-state index contributed by atoms with van der Waals surface area (Å²) in [4.78, 5) is 30.0. The van der Waals surface area contributed by atoms with Crippen molar-refractivity contribution in [2.24, 2.45) is 5.92 Å². The van der Waals surface area contributed by atoms with Crippen LogP contribution in [0.25, 0.3) is 0 Å². The van der Waals surface area contributed by atoms with Gasteiger partial charge in [0.2, 0.25) is 11.7 Å². The normalized spacial score (nSPS) is 22.3. The summed E-state index contributed by atoms with van der Waals surface area (Å²) in [6.07, 6.45) is 5.34. The summed E-state index contributed by atoms with van der Waals surface area (Å²) in [7, 11) is 0. The summed E-state index contributed by atoms with van der Waals surface area (Å²) in [5.74, 6) is 0.461. The molecule has 1 aromatic heterocycles. The number of rotatable bonds is 5. The number of carbonyl (C=O) groups excluding carboxylic acids is 1. The first kappa shape index (κ1) is 17.5. The van der Waals surface area contributed by atoms with Crippen molar-refractivity contribution in [2.75, 3.05) is 5.73 Å². The highest BCUT2D eigenvalue weighted by molar-refractivity contribution is 8.00. The van der Waals surface area contributed by atoms with E-state index in [0.717, 1.165) is 49.6 Å². The molecule has 3 N–H and O–H groups in total. The van der Waals surface area contributed by atoms with Crippen molar-refractivity contribution < 1.29 is 9.72 Å². The maximum Gasteiger partial charge on any atom is 0.329 e. The van der Waals surface area contributed by atoms with Crippen molar-refractivity contribution in [1.29, 1.82) is 0 Å². The highest BCUT2D eigenvalue weighted by Crippen LogP contribution is 2.26. The number of amides is 1. The predicted octanol–water partition coefficient (Wildman–Crippen LogP) is 2.14. The van der Waals surface area contributed by atoms with Gasteiger partial charge in [-0.2, -0.15) is 4.98 Å². The lowest BCUT2D eigenvalue weighted by Gasteiger charge is -2.27. The number of hydrogen-bond donors (Lipinski definition) is 2. The summed E-state index contributed by atoms with van der Waals surface area (Å²) in [5.41, 5.74) is 5.20. The quantitative estimate of drug-likeness (QED) is 0.364. The molecule has 1 aliphatic carbocycles. The van der Waals surface area contributed by atoms with Gasteiger partial charge in [0.25, 0.3) is 0 Å². The highest BCUT2D eigenvalue weighted by atomic mass is 32.2. The van der Waals surface area contributed by atoms with Crippen LogP contribution in [-0.4, -0.2) is 32.1 Å². The summed E-state index contributed by atoms with van der Waals surface area (Å²) in [5, 5.41) is 13.6. The minimum absolute atomic E-state index is 0.0740. The number of aromatic nitrogens is 2. The Hall–Kier alpha value is -1.90. The van der Waals surface area contributed by atoms with E-state index in [1.807, 2.05) is 0 Å². The molecule has 0 aromatic carbocycles. The fourth-order valence-electron chi connectivity index (χ4n) is 2.50. The summed E-state index contributed by atoms with van der Waals surface area (Å²) >= 11 is 1.14. The monoisotopic (exact) mass is 339 g/mol. The van der Waals surface area contributed by atoms with E-state index >= 15 is 0 Å². The molecule has 9 heteroatoms. The minimum atomic E-state index is -0.635. The standard InChI is InChI=1S/C14H21N5O3S/c1-8-3-5-10(6-4-8)17-13(20)9(2)23-14-16-7-11(19(21)22)12(15)18-14/h7-10H,3-6H2,1-2H3,(H,17,20)(H2,15,16,18)/t8?,9-,10?/m0/s1. The Labute approximate surface area is 138 Å². The van der Waals surface area contributed by atoms with Crippen LogP contribution in [0.15, 0.2) is 11.4 Å². The van der Waals surface area contributed by atoms with Crippen LogP contribution in [0.5, 0.6) is 0 Å². The first-order valence-electron chi connectivity index (χ1n) is 7.60. The van der Waals surface area contributed by atoms with E-state index in [2.05, 4.69) is 22.2 Å². The molecule has 1 atom stereocenters. The maximum absolute atomic E-state index is 12.2. The van der Waals surface area contributed by atoms with Gasteiger partial charge in [0.1, 0.15) is 6.20 Å². The van der Waals surface area contributed by atoms with Crippen molar-refractivity contribution in [3.8, 4) is 0 Å². The molecular weight excluding hydrogens is 318 g/mol. The second-order valence-electron chi connectivity index (χ2n) is 5.91. The Morgan fingerprint density at radius 1 is 1.48 bits per heavy atom. The van der Waals surface area contributed by atoms with Crippen LogP contribution in [0.3, 0.4) is 0 Å². The Morgan fingerprint density at radius 2 is 2.13 bits per heavy atom. The molecule has 0 spiro atoms. The SMILES string of the molecule is CC1CCC(NC(=O)[C@H](C)Sc2ncc([N+](=O)[O-])c(N)n2)CC1. The topological polar surface area (TPSA) is 124 Å². The average Bonchev–Trinajstić information content (AvgIpc) is 2.49. The van der Waals surface area contributed by atoms with Gasteiger partial charge >= 0.3 is 5.69 Å². The van der Waals surface area contributed by atoms with Gasteiger partial charge in [-0.15, -0.1) is 0 Å². The van der Waals surface area contributed by atoms with Crippen LogP contribution in [0, 0.1) is 16.0 Å². The zero-order chi connectivity index (χ0) is 17.0. The number of thioether (sulfide) groups is 1. The van der Waals surface area contributed by atoms with Crippen LogP contribution < -0.4 is 11.1 Å². The summed E-state index contributed by atoms with van der Waals surface area (Å²) in [6.45, 7) is 3.99. The number of hydrogen-bond acceptors (Lipinski definition) is 7. The van der Waals surface area contributed by atoms with E-state index in [9.17, 15) is 14.9 Å². The molecule has 1 heterocycles. The molecule has 0 saturated heterocycles. The molecule has 1 aliphatic rings. The minimum Gasteiger partial charge on any atom is -0.378 e. The van der Waals surface area contributed by atoms with E-state index in [4.69, 9.17) is 5.73 Å². The molecule has 2 rings (SSSR count). The van der Waals surface area contributed by atoms with Crippen LogP contribution in [-0.2, 0) is 4.79 Å². The molecule has 1 saturated carbocycles. The second-order valence-corrected chi connectivity index (χ2v) is 7.21. The predicted molar refractivity (Wildman–Crippen MR) is 88.0 cm³/mol. The molecule has 23 heavy (non-hydrogen) atoms. The Kier molecular flexibility index (Phi) is 5.75. The zero-order valence-corrected chi connectivity index (χ0v) is 14.0. The second kappa shape index (κ2) is 7.58. The van der Waals surface area contributed by atoms with Gasteiger partial charge < -0.3 is 11.1 Å². The molecule has 0 unspecified atom stereocenters. The van der Waals surface area contributed by atoms with E-state index in [0.29, 0.717) is 0 Å². The molecule has 0 radical (unpaired) electrons. The van der Waals surface area contributed by atoms with Crippen LogP contribution in [0.1, 0.15) is 39.5 Å².